The van der Waals surface area contributed by atoms with Crippen LogP contribution in [-0.2, 0) is 6.54 Å². The Morgan fingerprint density at radius 1 is 1.13 bits per heavy atom. The Balaban J connectivity index is 1.84. The third-order valence-corrected chi connectivity index (χ3v) is 3.61. The summed E-state index contributed by atoms with van der Waals surface area (Å²) in [5.41, 5.74) is 2.11. The molecule has 2 rings (SSSR count). The van der Waals surface area contributed by atoms with Crippen LogP contribution in [0, 0.1) is 0 Å². The van der Waals surface area contributed by atoms with E-state index in [4.69, 9.17) is 0 Å². The Morgan fingerprint density at radius 2 is 1.83 bits per heavy atom. The molecule has 23 heavy (non-hydrogen) atoms. The van der Waals surface area contributed by atoms with Gasteiger partial charge in [-0.25, -0.2) is 4.79 Å². The van der Waals surface area contributed by atoms with Crippen LogP contribution in [0.5, 0.6) is 0 Å². The molecule has 2 aromatic rings. The summed E-state index contributed by atoms with van der Waals surface area (Å²) in [5.74, 6) is 0.0860. The second kappa shape index (κ2) is 8.90. The van der Waals surface area contributed by atoms with Crippen molar-refractivity contribution in [2.24, 2.45) is 0 Å². The summed E-state index contributed by atoms with van der Waals surface area (Å²) in [6.07, 6.45) is 3.59. The fraction of sp³-hybridized carbons (Fsp3) is 0.333. The SMILES string of the molecule is CC(O)CC(CNC(=O)NCc1ccncc1)c1ccccc1. The van der Waals surface area contributed by atoms with Gasteiger partial charge in [0.25, 0.3) is 0 Å². The summed E-state index contributed by atoms with van der Waals surface area (Å²) in [5, 5.41) is 15.4. The van der Waals surface area contributed by atoms with Gasteiger partial charge < -0.3 is 15.7 Å². The number of nitrogens with zero attached hydrogens (tertiary/aromatic N) is 1. The number of carbonyl (C=O) groups excluding carboxylic acids is 1. The number of carbonyl (C=O) groups is 1. The predicted molar refractivity (Wildman–Crippen MR) is 90.0 cm³/mol. The van der Waals surface area contributed by atoms with Gasteiger partial charge in [0.15, 0.2) is 0 Å². The van der Waals surface area contributed by atoms with Crippen LogP contribution >= 0.6 is 0 Å². The molecule has 0 bridgehead atoms. The van der Waals surface area contributed by atoms with Crippen LogP contribution in [0.25, 0.3) is 0 Å². The third-order valence-electron chi connectivity index (χ3n) is 3.61. The number of hydrogen-bond acceptors (Lipinski definition) is 3. The quantitative estimate of drug-likeness (QED) is 0.735. The largest absolute Gasteiger partial charge is 0.393 e. The average Bonchev–Trinajstić information content (AvgIpc) is 2.58. The van der Waals surface area contributed by atoms with Gasteiger partial charge in [-0.05, 0) is 36.6 Å². The summed E-state index contributed by atoms with van der Waals surface area (Å²) in [6.45, 7) is 2.71. The molecule has 5 nitrogen and oxygen atoms in total. The fourth-order valence-corrected chi connectivity index (χ4v) is 2.44. The van der Waals surface area contributed by atoms with Gasteiger partial charge in [0.1, 0.15) is 0 Å². The molecule has 0 spiro atoms. The lowest BCUT2D eigenvalue weighted by atomic mass is 9.93. The summed E-state index contributed by atoms with van der Waals surface area (Å²) in [6, 6.07) is 13.4. The molecular weight excluding hydrogens is 290 g/mol. The molecule has 2 amide bonds. The highest BCUT2D eigenvalue weighted by Gasteiger charge is 2.15. The maximum absolute atomic E-state index is 11.9. The van der Waals surface area contributed by atoms with E-state index in [1.807, 2.05) is 42.5 Å². The molecule has 1 aromatic carbocycles. The van der Waals surface area contributed by atoms with Gasteiger partial charge in [-0.2, -0.15) is 0 Å². The summed E-state index contributed by atoms with van der Waals surface area (Å²) in [4.78, 5) is 15.9. The number of hydrogen-bond donors (Lipinski definition) is 3. The Hall–Kier alpha value is -2.40. The van der Waals surface area contributed by atoms with Crippen molar-refractivity contribution < 1.29 is 9.90 Å². The van der Waals surface area contributed by atoms with Crippen LogP contribution in [0.4, 0.5) is 4.79 Å². The van der Waals surface area contributed by atoms with E-state index in [0.29, 0.717) is 19.5 Å². The summed E-state index contributed by atoms with van der Waals surface area (Å²) in [7, 11) is 0. The molecule has 0 aliphatic heterocycles. The molecule has 0 radical (unpaired) electrons. The van der Waals surface area contributed by atoms with E-state index in [1.54, 1.807) is 19.3 Å². The van der Waals surface area contributed by atoms with Crippen molar-refractivity contribution in [3.05, 3.63) is 66.0 Å². The van der Waals surface area contributed by atoms with Gasteiger partial charge in [-0.15, -0.1) is 0 Å². The first-order valence-corrected chi connectivity index (χ1v) is 7.78. The smallest absolute Gasteiger partial charge is 0.315 e. The van der Waals surface area contributed by atoms with Crippen LogP contribution in [0.3, 0.4) is 0 Å². The zero-order chi connectivity index (χ0) is 16.5. The minimum atomic E-state index is -0.415. The maximum Gasteiger partial charge on any atom is 0.315 e. The summed E-state index contributed by atoms with van der Waals surface area (Å²) >= 11 is 0. The Bertz CT molecular complexity index is 588. The first-order chi connectivity index (χ1) is 11.1. The van der Waals surface area contributed by atoms with E-state index in [2.05, 4.69) is 15.6 Å². The highest BCUT2D eigenvalue weighted by molar-refractivity contribution is 5.73. The van der Waals surface area contributed by atoms with Crippen LogP contribution in [0.1, 0.15) is 30.4 Å². The third kappa shape index (κ3) is 6.08. The van der Waals surface area contributed by atoms with Crippen molar-refractivity contribution in [2.45, 2.75) is 31.9 Å². The molecule has 0 aliphatic rings. The van der Waals surface area contributed by atoms with E-state index in [1.165, 1.54) is 0 Å². The standard InChI is InChI=1S/C18H23N3O2/c1-14(22)11-17(16-5-3-2-4-6-16)13-21-18(23)20-12-15-7-9-19-10-8-15/h2-10,14,17,22H,11-13H2,1H3,(H2,20,21,23). The number of nitrogens with one attached hydrogen (secondary N) is 2. The van der Waals surface area contributed by atoms with Crippen molar-refractivity contribution in [1.82, 2.24) is 15.6 Å². The molecule has 0 saturated carbocycles. The van der Waals surface area contributed by atoms with Crippen molar-refractivity contribution >= 4 is 6.03 Å². The molecule has 2 unspecified atom stereocenters. The molecule has 0 fully saturated rings. The number of benzene rings is 1. The van der Waals surface area contributed by atoms with Gasteiger partial charge in [-0.1, -0.05) is 30.3 Å². The van der Waals surface area contributed by atoms with Crippen molar-refractivity contribution in [3.63, 3.8) is 0 Å². The summed E-state index contributed by atoms with van der Waals surface area (Å²) < 4.78 is 0. The normalized spacial score (nSPS) is 13.1. The molecule has 0 aliphatic carbocycles. The average molecular weight is 313 g/mol. The highest BCUT2D eigenvalue weighted by Crippen LogP contribution is 2.20. The van der Waals surface area contributed by atoms with Crippen LogP contribution in [0.2, 0.25) is 0 Å². The highest BCUT2D eigenvalue weighted by atomic mass is 16.3. The molecule has 122 valence electrons. The molecule has 3 N–H and O–H groups in total. The zero-order valence-corrected chi connectivity index (χ0v) is 13.3. The van der Waals surface area contributed by atoms with E-state index in [0.717, 1.165) is 11.1 Å². The second-order valence-electron chi connectivity index (χ2n) is 5.61. The molecular formula is C18H23N3O2. The lowest BCUT2D eigenvalue weighted by Gasteiger charge is -2.20. The topological polar surface area (TPSA) is 74.2 Å². The molecule has 1 heterocycles. The zero-order valence-electron chi connectivity index (χ0n) is 13.3. The minimum Gasteiger partial charge on any atom is -0.393 e. The number of aliphatic hydroxyl groups excluding tert-OH is 1. The van der Waals surface area contributed by atoms with E-state index < -0.39 is 6.10 Å². The van der Waals surface area contributed by atoms with Gasteiger partial charge in [0.05, 0.1) is 6.10 Å². The van der Waals surface area contributed by atoms with E-state index >= 15 is 0 Å². The number of aromatic nitrogens is 1. The number of pyridine rings is 1. The lowest BCUT2D eigenvalue weighted by Crippen LogP contribution is -2.37. The molecule has 5 heteroatoms. The van der Waals surface area contributed by atoms with Crippen LogP contribution in [0.15, 0.2) is 54.9 Å². The van der Waals surface area contributed by atoms with Gasteiger partial charge >= 0.3 is 6.03 Å². The van der Waals surface area contributed by atoms with E-state index in [-0.39, 0.29) is 11.9 Å². The van der Waals surface area contributed by atoms with Crippen LogP contribution < -0.4 is 10.6 Å². The van der Waals surface area contributed by atoms with Gasteiger partial charge in [0, 0.05) is 31.4 Å². The van der Waals surface area contributed by atoms with Crippen LogP contribution in [-0.4, -0.2) is 28.8 Å². The number of aliphatic hydroxyl groups is 1. The second-order valence-corrected chi connectivity index (χ2v) is 5.61. The van der Waals surface area contributed by atoms with Gasteiger partial charge in [0.2, 0.25) is 0 Å². The fourth-order valence-electron chi connectivity index (χ4n) is 2.44. The molecule has 0 saturated heterocycles. The first-order valence-electron chi connectivity index (χ1n) is 7.78. The van der Waals surface area contributed by atoms with Crippen molar-refractivity contribution in [3.8, 4) is 0 Å². The van der Waals surface area contributed by atoms with E-state index in [9.17, 15) is 9.90 Å². The molecule has 1 aromatic heterocycles. The van der Waals surface area contributed by atoms with Crippen molar-refractivity contribution in [2.75, 3.05) is 6.54 Å². The molecule has 2 atom stereocenters. The first kappa shape index (κ1) is 17.0. The Kier molecular flexibility index (Phi) is 6.56. The monoisotopic (exact) mass is 313 g/mol. The maximum atomic E-state index is 11.9. The van der Waals surface area contributed by atoms with Crippen molar-refractivity contribution in [1.29, 1.82) is 0 Å². The Labute approximate surface area is 136 Å². The predicted octanol–water partition coefficient (Wildman–Crippen LogP) is 2.44. The number of urea groups is 1. The Morgan fingerprint density at radius 3 is 2.48 bits per heavy atom. The number of amides is 2. The minimum absolute atomic E-state index is 0.0860. The lowest BCUT2D eigenvalue weighted by molar-refractivity contribution is 0.173. The van der Waals surface area contributed by atoms with Gasteiger partial charge in [-0.3, -0.25) is 4.98 Å². The number of rotatable bonds is 7.